The Morgan fingerprint density at radius 3 is 2.69 bits per heavy atom. The number of sulfonamides is 1. The zero-order valence-electron chi connectivity index (χ0n) is 7.32. The molecule has 0 amide bonds. The van der Waals surface area contributed by atoms with Crippen LogP contribution in [0.4, 0.5) is 0 Å². The molecule has 3 nitrogen and oxygen atoms in total. The highest BCUT2D eigenvalue weighted by atomic mass is 32.2. The third kappa shape index (κ3) is 2.32. The lowest BCUT2D eigenvalue weighted by molar-refractivity contribution is 0.590. The molecule has 0 bridgehead atoms. The normalized spacial score (nSPS) is 10.8. The fourth-order valence-corrected chi connectivity index (χ4v) is 1.91. The summed E-state index contributed by atoms with van der Waals surface area (Å²) in [5, 5.41) is 0. The molecule has 0 radical (unpaired) electrons. The van der Waals surface area contributed by atoms with Crippen LogP contribution in [0.15, 0.2) is 41.9 Å². The van der Waals surface area contributed by atoms with Crippen LogP contribution in [0.5, 0.6) is 0 Å². The van der Waals surface area contributed by atoms with Gasteiger partial charge in [-0.3, -0.25) is 4.72 Å². The average molecular weight is 197 g/mol. The molecule has 1 aromatic carbocycles. The van der Waals surface area contributed by atoms with Gasteiger partial charge in [0.1, 0.15) is 0 Å². The van der Waals surface area contributed by atoms with Gasteiger partial charge < -0.3 is 0 Å². The number of hydrogen-bond donors (Lipinski definition) is 1. The number of benzene rings is 1. The molecule has 0 saturated heterocycles. The summed E-state index contributed by atoms with van der Waals surface area (Å²) < 4.78 is 25.0. The Morgan fingerprint density at radius 1 is 1.46 bits per heavy atom. The van der Waals surface area contributed by atoms with Crippen LogP contribution < -0.4 is 4.72 Å². The maximum atomic E-state index is 11.4. The molecule has 0 atom stereocenters. The molecule has 0 aliphatic carbocycles. The van der Waals surface area contributed by atoms with Crippen molar-refractivity contribution in [2.45, 2.75) is 11.8 Å². The largest absolute Gasteiger partial charge is 0.287 e. The molecular formula is C9H11NO2S. The van der Waals surface area contributed by atoms with E-state index in [0.29, 0.717) is 0 Å². The standard InChI is InChI=1S/C9H11NO2S/c1-3-10-13(11,12)9-6-4-5-8(2)7-9/h3-7,10H,1H2,2H3. The van der Waals surface area contributed by atoms with Crippen LogP contribution >= 0.6 is 0 Å². The zero-order chi connectivity index (χ0) is 9.90. The molecule has 0 unspecified atom stereocenters. The van der Waals surface area contributed by atoms with Crippen LogP contribution in [0.25, 0.3) is 0 Å². The Morgan fingerprint density at radius 2 is 2.15 bits per heavy atom. The first-order valence-electron chi connectivity index (χ1n) is 3.76. The van der Waals surface area contributed by atoms with Crippen LogP contribution in [0.2, 0.25) is 0 Å². The monoisotopic (exact) mass is 197 g/mol. The SMILES string of the molecule is C=CNS(=O)(=O)c1cccc(C)c1. The lowest BCUT2D eigenvalue weighted by Crippen LogP contribution is -2.17. The number of nitrogens with one attached hydrogen (secondary N) is 1. The summed E-state index contributed by atoms with van der Waals surface area (Å²) in [6, 6.07) is 6.69. The van der Waals surface area contributed by atoms with Gasteiger partial charge in [-0.05, 0) is 24.6 Å². The maximum Gasteiger partial charge on any atom is 0.261 e. The smallest absolute Gasteiger partial charge is 0.261 e. The lowest BCUT2D eigenvalue weighted by Gasteiger charge is -2.03. The van der Waals surface area contributed by atoms with Crippen molar-refractivity contribution >= 4 is 10.0 Å². The van der Waals surface area contributed by atoms with E-state index in [1.807, 2.05) is 13.0 Å². The van der Waals surface area contributed by atoms with E-state index in [2.05, 4.69) is 11.3 Å². The molecule has 1 N–H and O–H groups in total. The van der Waals surface area contributed by atoms with Gasteiger partial charge in [0.25, 0.3) is 10.0 Å². The molecule has 0 aromatic heterocycles. The van der Waals surface area contributed by atoms with Gasteiger partial charge in [-0.1, -0.05) is 18.7 Å². The maximum absolute atomic E-state index is 11.4. The average Bonchev–Trinajstić information content (AvgIpc) is 2.04. The minimum Gasteiger partial charge on any atom is -0.287 e. The summed E-state index contributed by atoms with van der Waals surface area (Å²) in [5.74, 6) is 0. The summed E-state index contributed by atoms with van der Waals surface area (Å²) in [6.07, 6.45) is 1.15. The predicted molar refractivity (Wildman–Crippen MR) is 51.7 cm³/mol. The van der Waals surface area contributed by atoms with Crippen molar-refractivity contribution in [1.29, 1.82) is 0 Å². The Hall–Kier alpha value is -1.29. The molecule has 70 valence electrons. The summed E-state index contributed by atoms with van der Waals surface area (Å²) in [7, 11) is -3.40. The topological polar surface area (TPSA) is 46.2 Å². The van der Waals surface area contributed by atoms with Gasteiger partial charge in [-0.25, -0.2) is 8.42 Å². The Bertz CT molecular complexity index is 409. The molecule has 0 aliphatic heterocycles. The Labute approximate surface area is 78.1 Å². The summed E-state index contributed by atoms with van der Waals surface area (Å²) in [4.78, 5) is 0.257. The highest BCUT2D eigenvalue weighted by molar-refractivity contribution is 7.89. The van der Waals surface area contributed by atoms with Gasteiger partial charge in [0.05, 0.1) is 4.90 Å². The quantitative estimate of drug-likeness (QED) is 0.796. The fourth-order valence-electron chi connectivity index (χ4n) is 0.960. The van der Waals surface area contributed by atoms with Crippen molar-refractivity contribution in [3.63, 3.8) is 0 Å². The minimum atomic E-state index is -3.40. The van der Waals surface area contributed by atoms with Gasteiger partial charge in [-0.2, -0.15) is 0 Å². The molecule has 4 heteroatoms. The van der Waals surface area contributed by atoms with Crippen LogP contribution in [0.1, 0.15) is 5.56 Å². The van der Waals surface area contributed by atoms with E-state index >= 15 is 0 Å². The van der Waals surface area contributed by atoms with Crippen LogP contribution in [0, 0.1) is 6.92 Å². The van der Waals surface area contributed by atoms with Gasteiger partial charge in [0.2, 0.25) is 0 Å². The molecule has 0 saturated carbocycles. The van der Waals surface area contributed by atoms with Crippen molar-refractivity contribution in [3.05, 3.63) is 42.6 Å². The van der Waals surface area contributed by atoms with Gasteiger partial charge in [0.15, 0.2) is 0 Å². The van der Waals surface area contributed by atoms with Crippen molar-refractivity contribution in [2.24, 2.45) is 0 Å². The lowest BCUT2D eigenvalue weighted by atomic mass is 10.2. The second-order valence-corrected chi connectivity index (χ2v) is 4.36. The van der Waals surface area contributed by atoms with Crippen molar-refractivity contribution < 1.29 is 8.42 Å². The van der Waals surface area contributed by atoms with Crippen molar-refractivity contribution in [1.82, 2.24) is 4.72 Å². The van der Waals surface area contributed by atoms with E-state index in [1.54, 1.807) is 18.2 Å². The van der Waals surface area contributed by atoms with Gasteiger partial charge in [0, 0.05) is 6.20 Å². The summed E-state index contributed by atoms with van der Waals surface area (Å²) in [5.41, 5.74) is 0.909. The van der Waals surface area contributed by atoms with E-state index in [4.69, 9.17) is 0 Å². The highest BCUT2D eigenvalue weighted by Gasteiger charge is 2.10. The third-order valence-electron chi connectivity index (χ3n) is 1.54. The Kier molecular flexibility index (Phi) is 2.72. The predicted octanol–water partition coefficient (Wildman–Crippen LogP) is 1.42. The van der Waals surface area contributed by atoms with Crippen LogP contribution in [-0.2, 0) is 10.0 Å². The molecule has 0 aliphatic rings. The second kappa shape index (κ2) is 3.62. The van der Waals surface area contributed by atoms with Gasteiger partial charge in [-0.15, -0.1) is 0 Å². The summed E-state index contributed by atoms with van der Waals surface area (Å²) in [6.45, 7) is 5.14. The number of hydrogen-bond acceptors (Lipinski definition) is 2. The van der Waals surface area contributed by atoms with Crippen LogP contribution in [-0.4, -0.2) is 8.42 Å². The second-order valence-electron chi connectivity index (χ2n) is 2.64. The first-order valence-corrected chi connectivity index (χ1v) is 5.24. The van der Waals surface area contributed by atoms with E-state index < -0.39 is 10.0 Å². The molecule has 13 heavy (non-hydrogen) atoms. The van der Waals surface area contributed by atoms with Crippen LogP contribution in [0.3, 0.4) is 0 Å². The zero-order valence-corrected chi connectivity index (χ0v) is 8.14. The van der Waals surface area contributed by atoms with Crippen molar-refractivity contribution in [2.75, 3.05) is 0 Å². The molecule has 1 aromatic rings. The van der Waals surface area contributed by atoms with E-state index in [9.17, 15) is 8.42 Å². The number of aryl methyl sites for hydroxylation is 1. The molecule has 0 heterocycles. The van der Waals surface area contributed by atoms with E-state index in [-0.39, 0.29) is 4.90 Å². The van der Waals surface area contributed by atoms with E-state index in [1.165, 1.54) is 0 Å². The van der Waals surface area contributed by atoms with Gasteiger partial charge >= 0.3 is 0 Å². The minimum absolute atomic E-state index is 0.257. The molecule has 0 spiro atoms. The van der Waals surface area contributed by atoms with E-state index in [0.717, 1.165) is 11.8 Å². The first-order chi connectivity index (χ1) is 6.06. The molecular weight excluding hydrogens is 186 g/mol. The summed E-state index contributed by atoms with van der Waals surface area (Å²) >= 11 is 0. The molecule has 1 rings (SSSR count). The highest BCUT2D eigenvalue weighted by Crippen LogP contribution is 2.09. The number of rotatable bonds is 3. The fraction of sp³-hybridized carbons (Fsp3) is 0.111. The Balaban J connectivity index is 3.15. The first kappa shape index (κ1) is 9.80. The molecule has 0 fully saturated rings. The van der Waals surface area contributed by atoms with Crippen molar-refractivity contribution in [3.8, 4) is 0 Å². The third-order valence-corrected chi connectivity index (χ3v) is 2.89.